The minimum Gasteiger partial charge on any atom is -0.292 e. The van der Waals surface area contributed by atoms with Crippen molar-refractivity contribution in [2.45, 2.75) is 25.7 Å². The van der Waals surface area contributed by atoms with Crippen molar-refractivity contribution in [2.75, 3.05) is 0 Å². The molecule has 0 bridgehead atoms. The van der Waals surface area contributed by atoms with Gasteiger partial charge in [0.1, 0.15) is 22.8 Å². The van der Waals surface area contributed by atoms with Gasteiger partial charge in [-0.1, -0.05) is 36.4 Å². The summed E-state index contributed by atoms with van der Waals surface area (Å²) in [5, 5.41) is 0. The third kappa shape index (κ3) is 12.2. The predicted octanol–water partition coefficient (Wildman–Crippen LogP) is 6.68. The summed E-state index contributed by atoms with van der Waals surface area (Å²) in [6.07, 6.45) is 7.20. The molecule has 6 aromatic heterocycles. The highest BCUT2D eigenvalue weighted by molar-refractivity contribution is 14.0. The Kier molecular flexibility index (Phi) is 16.2. The molecule has 0 spiro atoms. The summed E-state index contributed by atoms with van der Waals surface area (Å²) >= 11 is 0. The summed E-state index contributed by atoms with van der Waals surface area (Å²) in [6, 6.07) is 31.4. The Bertz CT molecular complexity index is 1720. The van der Waals surface area contributed by atoms with Crippen LogP contribution < -0.4 is 0 Å². The molecule has 10 nitrogen and oxygen atoms in total. The summed E-state index contributed by atoms with van der Waals surface area (Å²) in [5.41, 5.74) is 3.79. The first-order valence-electron chi connectivity index (χ1n) is 15.1. The molecule has 0 amide bonds. The second-order valence-electron chi connectivity index (χ2n) is 10.5. The van der Waals surface area contributed by atoms with Crippen molar-refractivity contribution in [3.05, 3.63) is 180 Å². The van der Waals surface area contributed by atoms with Crippen molar-refractivity contribution in [1.29, 1.82) is 0 Å². The Morgan fingerprint density at radius 1 is 0.340 bits per heavy atom. The van der Waals surface area contributed by atoms with Crippen molar-refractivity contribution in [1.82, 2.24) is 29.9 Å². The fourth-order valence-corrected chi connectivity index (χ4v) is 4.52. The van der Waals surface area contributed by atoms with Crippen LogP contribution in [-0.4, -0.2) is 53.0 Å². The molecule has 6 rings (SSSR count). The van der Waals surface area contributed by atoms with Crippen LogP contribution in [-0.2, 0) is 25.7 Å². The number of carbonyl (C=O) groups excluding carboxylic acids is 4. The van der Waals surface area contributed by atoms with Crippen LogP contribution in [0.3, 0.4) is 0 Å². The van der Waals surface area contributed by atoms with Gasteiger partial charge in [-0.05, 0) is 72.8 Å². The fourth-order valence-electron chi connectivity index (χ4n) is 4.52. The van der Waals surface area contributed by atoms with Gasteiger partial charge >= 0.3 is 0 Å². The van der Waals surface area contributed by atoms with E-state index in [2.05, 4.69) is 29.9 Å². The summed E-state index contributed by atoms with van der Waals surface area (Å²) < 4.78 is 0. The van der Waals surface area contributed by atoms with E-state index in [0.717, 1.165) is 0 Å². The van der Waals surface area contributed by atoms with Crippen LogP contribution in [0.25, 0.3) is 0 Å². The Hall–Kier alpha value is -4.96. The molecule has 252 valence electrons. The van der Waals surface area contributed by atoms with Crippen LogP contribution in [0.2, 0.25) is 0 Å². The molecule has 0 radical (unpaired) electrons. The molecule has 6 heterocycles. The molecule has 50 heavy (non-hydrogen) atoms. The smallest absolute Gasteiger partial charge is 0.187 e. The van der Waals surface area contributed by atoms with E-state index in [4.69, 9.17) is 0 Å². The van der Waals surface area contributed by atoms with Crippen molar-refractivity contribution in [3.8, 4) is 0 Å². The Morgan fingerprint density at radius 2 is 0.580 bits per heavy atom. The Labute approximate surface area is 323 Å². The minimum atomic E-state index is -0.166. The molecule has 0 aromatic carbocycles. The Morgan fingerprint density at radius 3 is 0.780 bits per heavy atom. The largest absolute Gasteiger partial charge is 0.292 e. The number of carbonyl (C=O) groups is 4. The van der Waals surface area contributed by atoms with Crippen LogP contribution in [0.5, 0.6) is 0 Å². The van der Waals surface area contributed by atoms with Crippen LogP contribution in [0.1, 0.15) is 64.7 Å². The van der Waals surface area contributed by atoms with Crippen molar-refractivity contribution < 1.29 is 19.2 Å². The molecule has 0 saturated carbocycles. The summed E-state index contributed by atoms with van der Waals surface area (Å²) in [7, 11) is 0. The number of halogens is 2. The van der Waals surface area contributed by atoms with E-state index in [0.29, 0.717) is 22.8 Å². The van der Waals surface area contributed by atoms with E-state index >= 15 is 0 Å². The van der Waals surface area contributed by atoms with E-state index in [1.54, 1.807) is 110 Å². The van der Waals surface area contributed by atoms with Gasteiger partial charge in [-0.3, -0.25) is 39.1 Å². The third-order valence-electron chi connectivity index (χ3n) is 6.91. The number of hydrogen-bond donors (Lipinski definition) is 0. The summed E-state index contributed by atoms with van der Waals surface area (Å²) in [4.78, 5) is 74.2. The van der Waals surface area contributed by atoms with Gasteiger partial charge in [0.15, 0.2) is 23.1 Å². The highest BCUT2D eigenvalue weighted by Gasteiger charge is 2.15. The summed E-state index contributed by atoms with van der Waals surface area (Å²) in [6.45, 7) is 0. The zero-order chi connectivity index (χ0) is 33.6. The lowest BCUT2D eigenvalue weighted by Gasteiger charge is -2.04. The van der Waals surface area contributed by atoms with E-state index in [-0.39, 0.29) is 120 Å². The van der Waals surface area contributed by atoms with E-state index in [9.17, 15) is 19.2 Å². The Balaban J connectivity index is 0.000000260. The SMILES string of the molecule is I.I.O=C(Cc1ccccn1)c1cccc(C(=O)Cc2ccccn2)n1.O=C(Cc1ccccn1)c1cccc(C(=O)Cc2ccccn2)n1. The number of aromatic nitrogens is 6. The van der Waals surface area contributed by atoms with Gasteiger partial charge in [-0.2, -0.15) is 0 Å². The van der Waals surface area contributed by atoms with Gasteiger partial charge in [0.25, 0.3) is 0 Å². The first-order valence-corrected chi connectivity index (χ1v) is 15.1. The third-order valence-corrected chi connectivity index (χ3v) is 6.91. The number of pyridine rings is 6. The lowest BCUT2D eigenvalue weighted by molar-refractivity contribution is 0.0967. The van der Waals surface area contributed by atoms with Crippen LogP contribution in [0.4, 0.5) is 0 Å². The number of hydrogen-bond acceptors (Lipinski definition) is 10. The molecule has 0 fully saturated rings. The lowest BCUT2D eigenvalue weighted by Crippen LogP contribution is -2.12. The quantitative estimate of drug-likeness (QED) is 0.0964. The zero-order valence-electron chi connectivity index (χ0n) is 26.7. The molecule has 0 unspecified atom stereocenters. The first-order chi connectivity index (χ1) is 23.4. The molecule has 0 atom stereocenters. The average molecular weight is 891 g/mol. The average Bonchev–Trinajstić information content (AvgIpc) is 3.13. The number of nitrogens with zero attached hydrogens (tertiary/aromatic N) is 6. The van der Waals surface area contributed by atoms with Gasteiger partial charge in [0.2, 0.25) is 0 Å². The van der Waals surface area contributed by atoms with E-state index in [1.807, 2.05) is 24.3 Å². The molecular formula is C38H32I2N6O4. The number of ketones is 4. The monoisotopic (exact) mass is 890 g/mol. The lowest BCUT2D eigenvalue weighted by atomic mass is 10.1. The maximum absolute atomic E-state index is 12.3. The number of rotatable bonds is 12. The minimum absolute atomic E-state index is 0. The molecule has 0 saturated heterocycles. The molecule has 0 N–H and O–H groups in total. The molecule has 12 heteroatoms. The normalized spacial score (nSPS) is 9.92. The van der Waals surface area contributed by atoms with Crippen LogP contribution in [0, 0.1) is 0 Å². The topological polar surface area (TPSA) is 146 Å². The number of Topliss-reactive ketones (excluding diaryl/α,β-unsaturated/α-hetero) is 4. The van der Waals surface area contributed by atoms with Gasteiger partial charge < -0.3 is 0 Å². The maximum atomic E-state index is 12.3. The standard InChI is InChI=1S/2C19H15N3O2.2HI/c2*23-18(12-14-6-1-3-10-20-14)16-8-5-9-17(22-16)19(24)13-15-7-2-4-11-21-15;;/h2*1-11H,12-13H2;2*1H. The fraction of sp³-hybridized carbons (Fsp3) is 0.105. The van der Waals surface area contributed by atoms with Crippen molar-refractivity contribution in [3.63, 3.8) is 0 Å². The van der Waals surface area contributed by atoms with Gasteiger partial charge in [0.05, 0.1) is 25.7 Å². The molecule has 0 aliphatic heterocycles. The molecule has 6 aromatic rings. The highest BCUT2D eigenvalue weighted by Crippen LogP contribution is 2.10. The first kappa shape index (κ1) is 39.5. The van der Waals surface area contributed by atoms with Crippen LogP contribution >= 0.6 is 48.0 Å². The second kappa shape index (κ2) is 20.5. The summed E-state index contributed by atoms with van der Waals surface area (Å²) in [5.74, 6) is -0.662. The van der Waals surface area contributed by atoms with Crippen molar-refractivity contribution >= 4 is 71.1 Å². The molecule has 0 aliphatic rings. The van der Waals surface area contributed by atoms with E-state index in [1.165, 1.54) is 0 Å². The predicted molar refractivity (Wildman–Crippen MR) is 208 cm³/mol. The zero-order valence-corrected chi connectivity index (χ0v) is 31.3. The molecule has 0 aliphatic carbocycles. The van der Waals surface area contributed by atoms with Gasteiger partial charge in [-0.15, -0.1) is 48.0 Å². The highest BCUT2D eigenvalue weighted by atomic mass is 127. The van der Waals surface area contributed by atoms with Crippen LogP contribution in [0.15, 0.2) is 134 Å². The van der Waals surface area contributed by atoms with E-state index < -0.39 is 0 Å². The van der Waals surface area contributed by atoms with Gasteiger partial charge in [-0.25, -0.2) is 9.97 Å². The molecular weight excluding hydrogens is 858 g/mol. The van der Waals surface area contributed by atoms with Gasteiger partial charge in [0, 0.05) is 47.6 Å². The van der Waals surface area contributed by atoms with Crippen molar-refractivity contribution in [2.24, 2.45) is 0 Å². The maximum Gasteiger partial charge on any atom is 0.187 e. The second-order valence-corrected chi connectivity index (χ2v) is 10.5.